The quantitative estimate of drug-likeness (QED) is 0.679. The molecular weight excluding hydrogens is 381 g/mol. The number of aromatic nitrogens is 1. The summed E-state index contributed by atoms with van der Waals surface area (Å²) in [5.74, 6) is -0.963. The summed E-state index contributed by atoms with van der Waals surface area (Å²) in [5.41, 5.74) is 1.11. The smallest absolute Gasteiger partial charge is 0.256 e. The zero-order valence-electron chi connectivity index (χ0n) is 15.0. The van der Waals surface area contributed by atoms with Crippen LogP contribution in [-0.4, -0.2) is 54.7 Å². The molecule has 2 aromatic carbocycles. The molecule has 144 valence electrons. The monoisotopic (exact) mass is 399 g/mol. The topological polar surface area (TPSA) is 70.6 Å². The Morgan fingerprint density at radius 1 is 0.929 bits per heavy atom. The molecule has 0 N–H and O–H groups in total. The van der Waals surface area contributed by atoms with Crippen LogP contribution in [0.15, 0.2) is 65.7 Å². The predicted octanol–water partition coefficient (Wildman–Crippen LogP) is 2.52. The summed E-state index contributed by atoms with van der Waals surface area (Å²) in [6.07, 6.45) is 1.64. The number of nitrogens with zero attached hydrogens (tertiary/aromatic N) is 3. The zero-order valence-corrected chi connectivity index (χ0v) is 15.8. The van der Waals surface area contributed by atoms with E-state index in [-0.39, 0.29) is 37.0 Å². The number of sulfonamides is 1. The minimum absolute atomic E-state index is 0.112. The SMILES string of the molecule is O=C(c1cccc2cccnc12)N1CCN(S(=O)(=O)c2ccccc2F)CC1. The lowest BCUT2D eigenvalue weighted by Crippen LogP contribution is -2.50. The third-order valence-electron chi connectivity index (χ3n) is 4.84. The third kappa shape index (κ3) is 3.25. The Balaban J connectivity index is 1.53. The van der Waals surface area contributed by atoms with Gasteiger partial charge in [0.05, 0.1) is 11.1 Å². The van der Waals surface area contributed by atoms with Crippen LogP contribution in [0.4, 0.5) is 4.39 Å². The minimum Gasteiger partial charge on any atom is -0.336 e. The molecule has 1 aromatic heterocycles. The highest BCUT2D eigenvalue weighted by molar-refractivity contribution is 7.89. The first-order valence-corrected chi connectivity index (χ1v) is 10.3. The number of fused-ring (bicyclic) bond motifs is 1. The molecule has 0 radical (unpaired) electrons. The average Bonchev–Trinajstić information content (AvgIpc) is 2.73. The molecule has 0 unspecified atom stereocenters. The van der Waals surface area contributed by atoms with Gasteiger partial charge in [0.2, 0.25) is 10.0 Å². The Kier molecular flexibility index (Phi) is 4.82. The highest BCUT2D eigenvalue weighted by atomic mass is 32.2. The fourth-order valence-corrected chi connectivity index (χ4v) is 4.86. The zero-order chi connectivity index (χ0) is 19.7. The first-order valence-electron chi connectivity index (χ1n) is 8.86. The molecule has 0 atom stereocenters. The van der Waals surface area contributed by atoms with Gasteiger partial charge in [0.1, 0.15) is 10.7 Å². The van der Waals surface area contributed by atoms with Crippen LogP contribution in [0.2, 0.25) is 0 Å². The summed E-state index contributed by atoms with van der Waals surface area (Å²) in [6, 6.07) is 14.4. The lowest BCUT2D eigenvalue weighted by atomic mass is 10.1. The van der Waals surface area contributed by atoms with E-state index < -0.39 is 15.8 Å². The number of amides is 1. The van der Waals surface area contributed by atoms with Crippen molar-refractivity contribution in [3.8, 4) is 0 Å². The second kappa shape index (κ2) is 7.29. The average molecular weight is 399 g/mol. The molecule has 1 fully saturated rings. The summed E-state index contributed by atoms with van der Waals surface area (Å²) in [6.45, 7) is 0.687. The first-order chi connectivity index (χ1) is 13.5. The van der Waals surface area contributed by atoms with E-state index in [2.05, 4.69) is 4.98 Å². The van der Waals surface area contributed by atoms with E-state index >= 15 is 0 Å². The maximum Gasteiger partial charge on any atom is 0.256 e. The fourth-order valence-electron chi connectivity index (χ4n) is 3.37. The van der Waals surface area contributed by atoms with E-state index in [1.807, 2.05) is 18.2 Å². The van der Waals surface area contributed by atoms with Crippen molar-refractivity contribution in [1.29, 1.82) is 0 Å². The highest BCUT2D eigenvalue weighted by Crippen LogP contribution is 2.22. The number of rotatable bonds is 3. The van der Waals surface area contributed by atoms with E-state index in [1.165, 1.54) is 22.5 Å². The fraction of sp³-hybridized carbons (Fsp3) is 0.200. The van der Waals surface area contributed by atoms with Crippen molar-refractivity contribution in [2.75, 3.05) is 26.2 Å². The highest BCUT2D eigenvalue weighted by Gasteiger charge is 2.32. The van der Waals surface area contributed by atoms with Crippen LogP contribution in [0.25, 0.3) is 10.9 Å². The van der Waals surface area contributed by atoms with Crippen molar-refractivity contribution in [1.82, 2.24) is 14.2 Å². The van der Waals surface area contributed by atoms with Gasteiger partial charge in [0, 0.05) is 37.8 Å². The number of benzene rings is 2. The number of halogens is 1. The minimum atomic E-state index is -3.93. The number of carbonyl (C=O) groups excluding carboxylic acids is 1. The van der Waals surface area contributed by atoms with Gasteiger partial charge in [0.15, 0.2) is 0 Å². The van der Waals surface area contributed by atoms with Crippen LogP contribution < -0.4 is 0 Å². The van der Waals surface area contributed by atoms with Gasteiger partial charge in [-0.3, -0.25) is 9.78 Å². The summed E-state index contributed by atoms with van der Waals surface area (Å²) >= 11 is 0. The first kappa shape index (κ1) is 18.5. The van der Waals surface area contributed by atoms with E-state index in [0.29, 0.717) is 11.1 Å². The molecular formula is C20H18FN3O3S. The number of hydrogen-bond donors (Lipinski definition) is 0. The van der Waals surface area contributed by atoms with Gasteiger partial charge in [-0.2, -0.15) is 4.31 Å². The van der Waals surface area contributed by atoms with Crippen LogP contribution in [-0.2, 0) is 10.0 Å². The molecule has 1 saturated heterocycles. The molecule has 1 aliphatic heterocycles. The lowest BCUT2D eigenvalue weighted by molar-refractivity contribution is 0.0699. The molecule has 4 rings (SSSR count). The number of carbonyl (C=O) groups is 1. The predicted molar refractivity (Wildman–Crippen MR) is 103 cm³/mol. The Bertz CT molecular complexity index is 1140. The van der Waals surface area contributed by atoms with Gasteiger partial charge in [-0.05, 0) is 24.3 Å². The van der Waals surface area contributed by atoms with Crippen molar-refractivity contribution < 1.29 is 17.6 Å². The molecule has 1 aliphatic rings. The van der Waals surface area contributed by atoms with Crippen molar-refractivity contribution in [3.05, 3.63) is 72.2 Å². The second-order valence-electron chi connectivity index (χ2n) is 6.51. The van der Waals surface area contributed by atoms with Crippen LogP contribution >= 0.6 is 0 Å². The van der Waals surface area contributed by atoms with Crippen LogP contribution in [0.1, 0.15) is 10.4 Å². The van der Waals surface area contributed by atoms with Crippen molar-refractivity contribution in [2.45, 2.75) is 4.90 Å². The van der Waals surface area contributed by atoms with Gasteiger partial charge in [-0.25, -0.2) is 12.8 Å². The van der Waals surface area contributed by atoms with Crippen LogP contribution in [0, 0.1) is 5.82 Å². The third-order valence-corrected chi connectivity index (χ3v) is 6.78. The normalized spacial score (nSPS) is 15.7. The Morgan fingerprint density at radius 3 is 2.39 bits per heavy atom. The number of piperazine rings is 1. The summed E-state index contributed by atoms with van der Waals surface area (Å²) in [4.78, 5) is 18.5. The van der Waals surface area contributed by atoms with E-state index in [1.54, 1.807) is 23.2 Å². The van der Waals surface area contributed by atoms with Crippen LogP contribution in [0.5, 0.6) is 0 Å². The number of hydrogen-bond acceptors (Lipinski definition) is 4. The van der Waals surface area contributed by atoms with Gasteiger partial charge < -0.3 is 4.90 Å². The summed E-state index contributed by atoms with van der Waals surface area (Å²) < 4.78 is 40.6. The number of pyridine rings is 1. The second-order valence-corrected chi connectivity index (χ2v) is 8.41. The Labute approximate surface area is 162 Å². The molecule has 1 amide bonds. The maximum atomic E-state index is 13.9. The molecule has 0 bridgehead atoms. The maximum absolute atomic E-state index is 13.9. The van der Waals surface area contributed by atoms with E-state index in [0.717, 1.165) is 11.5 Å². The van der Waals surface area contributed by atoms with Crippen LogP contribution in [0.3, 0.4) is 0 Å². The molecule has 6 nitrogen and oxygen atoms in total. The van der Waals surface area contributed by atoms with Gasteiger partial charge in [0.25, 0.3) is 5.91 Å². The van der Waals surface area contributed by atoms with Gasteiger partial charge in [-0.1, -0.05) is 30.3 Å². The largest absolute Gasteiger partial charge is 0.336 e. The van der Waals surface area contributed by atoms with E-state index in [4.69, 9.17) is 0 Å². The van der Waals surface area contributed by atoms with E-state index in [9.17, 15) is 17.6 Å². The standard InChI is InChI=1S/C20H18FN3O3S/c21-17-8-1-2-9-18(17)28(26,27)24-13-11-23(12-14-24)20(25)16-7-3-5-15-6-4-10-22-19(15)16/h1-10H,11-14H2. The molecule has 2 heterocycles. The summed E-state index contributed by atoms with van der Waals surface area (Å²) in [5, 5.41) is 0.870. The Morgan fingerprint density at radius 2 is 1.64 bits per heavy atom. The molecule has 0 aliphatic carbocycles. The molecule has 3 aromatic rings. The lowest BCUT2D eigenvalue weighted by Gasteiger charge is -2.34. The van der Waals surface area contributed by atoms with Crippen molar-refractivity contribution in [3.63, 3.8) is 0 Å². The molecule has 8 heteroatoms. The molecule has 28 heavy (non-hydrogen) atoms. The van der Waals surface area contributed by atoms with Gasteiger partial charge >= 0.3 is 0 Å². The van der Waals surface area contributed by atoms with Crippen molar-refractivity contribution >= 4 is 26.8 Å². The Hall–Kier alpha value is -2.84. The van der Waals surface area contributed by atoms with Crippen molar-refractivity contribution in [2.24, 2.45) is 0 Å². The number of para-hydroxylation sites is 1. The molecule has 0 spiro atoms. The molecule has 0 saturated carbocycles. The van der Waals surface area contributed by atoms with Gasteiger partial charge in [-0.15, -0.1) is 0 Å². The summed E-state index contributed by atoms with van der Waals surface area (Å²) in [7, 11) is -3.93.